The third kappa shape index (κ3) is 2.85. The van der Waals surface area contributed by atoms with Gasteiger partial charge in [0.1, 0.15) is 11.4 Å². The second-order valence-corrected chi connectivity index (χ2v) is 3.71. The number of rotatable bonds is 3. The lowest BCUT2D eigenvalue weighted by Crippen LogP contribution is -2.08. The first-order chi connectivity index (χ1) is 8.66. The van der Waals surface area contributed by atoms with Gasteiger partial charge in [-0.05, 0) is 24.3 Å². The maximum absolute atomic E-state index is 13.6. The molecule has 4 heteroatoms. The lowest BCUT2D eigenvalue weighted by atomic mass is 10.2. The number of hydrogen-bond donors (Lipinski definition) is 1. The van der Waals surface area contributed by atoms with Crippen molar-refractivity contribution in [2.45, 2.75) is 6.92 Å². The average molecular weight is 245 g/mol. The molecular weight excluding hydrogens is 233 g/mol. The number of ether oxygens (including phenoxy) is 1. The van der Waals surface area contributed by atoms with E-state index in [-0.39, 0.29) is 17.3 Å². The first-order valence-corrected chi connectivity index (χ1v) is 5.46. The molecule has 18 heavy (non-hydrogen) atoms. The van der Waals surface area contributed by atoms with Crippen LogP contribution in [0.1, 0.15) is 6.92 Å². The number of hydrogen-bond acceptors (Lipinski definition) is 2. The molecule has 0 unspecified atom stereocenters. The number of benzene rings is 2. The molecule has 2 aromatic rings. The highest BCUT2D eigenvalue weighted by Gasteiger charge is 2.11. The van der Waals surface area contributed by atoms with Gasteiger partial charge in [-0.3, -0.25) is 4.79 Å². The molecule has 0 spiro atoms. The lowest BCUT2D eigenvalue weighted by molar-refractivity contribution is -0.114. The Kier molecular flexibility index (Phi) is 3.57. The molecular formula is C14H12FNO2. The number of nitrogens with one attached hydrogen (secondary N) is 1. The summed E-state index contributed by atoms with van der Waals surface area (Å²) in [6, 6.07) is 13.4. The van der Waals surface area contributed by atoms with E-state index in [0.717, 1.165) is 0 Å². The molecule has 1 N–H and O–H groups in total. The first kappa shape index (κ1) is 12.1. The summed E-state index contributed by atoms with van der Waals surface area (Å²) in [4.78, 5) is 11.0. The largest absolute Gasteiger partial charge is 0.455 e. The standard InChI is InChI=1S/C14H12FNO2/c1-10(17)16-14-12(15)8-5-9-13(14)18-11-6-3-2-4-7-11/h2-9H,1H3,(H,16,17). The molecule has 92 valence electrons. The maximum atomic E-state index is 13.6. The smallest absolute Gasteiger partial charge is 0.221 e. The van der Waals surface area contributed by atoms with Crippen molar-refractivity contribution in [2.75, 3.05) is 5.32 Å². The molecule has 0 saturated carbocycles. The van der Waals surface area contributed by atoms with E-state index in [0.29, 0.717) is 5.75 Å². The van der Waals surface area contributed by atoms with Crippen molar-refractivity contribution in [3.05, 3.63) is 54.3 Å². The van der Waals surface area contributed by atoms with Gasteiger partial charge in [-0.2, -0.15) is 0 Å². The fraction of sp³-hybridized carbons (Fsp3) is 0.0714. The van der Waals surface area contributed by atoms with Crippen molar-refractivity contribution in [3.8, 4) is 11.5 Å². The topological polar surface area (TPSA) is 38.3 Å². The Hall–Kier alpha value is -2.36. The third-order valence-corrected chi connectivity index (χ3v) is 2.25. The van der Waals surface area contributed by atoms with Gasteiger partial charge in [0.2, 0.25) is 5.91 Å². The summed E-state index contributed by atoms with van der Waals surface area (Å²) < 4.78 is 19.2. The molecule has 2 aromatic carbocycles. The summed E-state index contributed by atoms with van der Waals surface area (Å²) in [5, 5.41) is 2.42. The summed E-state index contributed by atoms with van der Waals surface area (Å²) in [5.74, 6) is -0.0252. The lowest BCUT2D eigenvalue weighted by Gasteiger charge is -2.11. The van der Waals surface area contributed by atoms with Crippen LogP contribution in [0, 0.1) is 5.82 Å². The first-order valence-electron chi connectivity index (χ1n) is 5.46. The highest BCUT2D eigenvalue weighted by molar-refractivity contribution is 5.90. The van der Waals surface area contributed by atoms with Crippen LogP contribution in [0.2, 0.25) is 0 Å². The maximum Gasteiger partial charge on any atom is 0.221 e. The molecule has 0 aliphatic rings. The van der Waals surface area contributed by atoms with Gasteiger partial charge in [-0.15, -0.1) is 0 Å². The van der Waals surface area contributed by atoms with Crippen LogP contribution in [0.15, 0.2) is 48.5 Å². The summed E-state index contributed by atoms with van der Waals surface area (Å²) in [7, 11) is 0. The SMILES string of the molecule is CC(=O)Nc1c(F)cccc1Oc1ccccc1. The van der Waals surface area contributed by atoms with Gasteiger partial charge in [-0.1, -0.05) is 24.3 Å². The fourth-order valence-corrected chi connectivity index (χ4v) is 1.50. The molecule has 0 aliphatic carbocycles. The fourth-order valence-electron chi connectivity index (χ4n) is 1.50. The zero-order valence-electron chi connectivity index (χ0n) is 9.81. The molecule has 0 radical (unpaired) electrons. The number of carbonyl (C=O) groups excluding carboxylic acids is 1. The highest BCUT2D eigenvalue weighted by Crippen LogP contribution is 2.31. The quantitative estimate of drug-likeness (QED) is 0.897. The van der Waals surface area contributed by atoms with E-state index < -0.39 is 5.82 Å². The molecule has 0 heterocycles. The zero-order valence-corrected chi connectivity index (χ0v) is 9.81. The van der Waals surface area contributed by atoms with Crippen molar-refractivity contribution in [2.24, 2.45) is 0 Å². The summed E-state index contributed by atoms with van der Waals surface area (Å²) in [6.45, 7) is 1.32. The Labute approximate surface area is 104 Å². The number of halogens is 1. The summed E-state index contributed by atoms with van der Waals surface area (Å²) in [6.07, 6.45) is 0. The van der Waals surface area contributed by atoms with Gasteiger partial charge in [0.25, 0.3) is 0 Å². The van der Waals surface area contributed by atoms with E-state index in [1.54, 1.807) is 18.2 Å². The molecule has 0 fully saturated rings. The number of carbonyl (C=O) groups is 1. The zero-order chi connectivity index (χ0) is 13.0. The minimum absolute atomic E-state index is 0.0499. The van der Waals surface area contributed by atoms with Crippen LogP contribution >= 0.6 is 0 Å². The number of anilines is 1. The van der Waals surface area contributed by atoms with Gasteiger partial charge >= 0.3 is 0 Å². The Balaban J connectivity index is 2.32. The van der Waals surface area contributed by atoms with Gasteiger partial charge in [0, 0.05) is 6.92 Å². The third-order valence-electron chi connectivity index (χ3n) is 2.25. The van der Waals surface area contributed by atoms with Crippen molar-refractivity contribution in [3.63, 3.8) is 0 Å². The van der Waals surface area contributed by atoms with Crippen LogP contribution in [0.25, 0.3) is 0 Å². The van der Waals surface area contributed by atoms with E-state index >= 15 is 0 Å². The molecule has 0 aliphatic heterocycles. The van der Waals surface area contributed by atoms with Crippen molar-refractivity contribution >= 4 is 11.6 Å². The van der Waals surface area contributed by atoms with Crippen LogP contribution in [0.3, 0.4) is 0 Å². The normalized spacial score (nSPS) is 9.89. The number of amides is 1. The van der Waals surface area contributed by atoms with E-state index in [1.165, 1.54) is 19.1 Å². The van der Waals surface area contributed by atoms with Crippen molar-refractivity contribution in [1.82, 2.24) is 0 Å². The van der Waals surface area contributed by atoms with Crippen molar-refractivity contribution in [1.29, 1.82) is 0 Å². The molecule has 2 rings (SSSR count). The molecule has 0 saturated heterocycles. The van der Waals surface area contributed by atoms with E-state index in [1.807, 2.05) is 18.2 Å². The molecule has 1 amide bonds. The highest BCUT2D eigenvalue weighted by atomic mass is 19.1. The molecule has 3 nitrogen and oxygen atoms in total. The van der Waals surface area contributed by atoms with Gasteiger partial charge < -0.3 is 10.1 Å². The second kappa shape index (κ2) is 5.31. The van der Waals surface area contributed by atoms with E-state index in [2.05, 4.69) is 5.32 Å². The summed E-state index contributed by atoms with van der Waals surface area (Å²) >= 11 is 0. The molecule has 0 aromatic heterocycles. The van der Waals surface area contributed by atoms with Gasteiger partial charge in [0.15, 0.2) is 11.6 Å². The Morgan fingerprint density at radius 2 is 1.83 bits per heavy atom. The average Bonchev–Trinajstić information content (AvgIpc) is 2.34. The Morgan fingerprint density at radius 1 is 1.11 bits per heavy atom. The minimum Gasteiger partial charge on any atom is -0.455 e. The van der Waals surface area contributed by atoms with Crippen LogP contribution in [-0.2, 0) is 4.79 Å². The molecule has 0 bridgehead atoms. The van der Waals surface area contributed by atoms with Crippen LogP contribution in [-0.4, -0.2) is 5.91 Å². The van der Waals surface area contributed by atoms with Crippen molar-refractivity contribution < 1.29 is 13.9 Å². The number of para-hydroxylation sites is 2. The summed E-state index contributed by atoms with van der Waals surface area (Å²) in [5.41, 5.74) is 0.0499. The van der Waals surface area contributed by atoms with E-state index in [9.17, 15) is 9.18 Å². The monoisotopic (exact) mass is 245 g/mol. The van der Waals surface area contributed by atoms with Crippen LogP contribution in [0.4, 0.5) is 10.1 Å². The van der Waals surface area contributed by atoms with Gasteiger partial charge in [0.05, 0.1) is 0 Å². The predicted molar refractivity (Wildman–Crippen MR) is 67.2 cm³/mol. The van der Waals surface area contributed by atoms with Crippen LogP contribution < -0.4 is 10.1 Å². The predicted octanol–water partition coefficient (Wildman–Crippen LogP) is 3.58. The minimum atomic E-state index is -0.529. The van der Waals surface area contributed by atoms with E-state index in [4.69, 9.17) is 4.74 Å². The second-order valence-electron chi connectivity index (χ2n) is 3.71. The van der Waals surface area contributed by atoms with Gasteiger partial charge in [-0.25, -0.2) is 4.39 Å². The van der Waals surface area contributed by atoms with Crippen LogP contribution in [0.5, 0.6) is 11.5 Å². The Bertz CT molecular complexity index is 555. The Morgan fingerprint density at radius 3 is 2.50 bits per heavy atom. The molecule has 0 atom stereocenters.